The zero-order valence-corrected chi connectivity index (χ0v) is 9.20. The minimum absolute atomic E-state index is 0.252. The predicted molar refractivity (Wildman–Crippen MR) is 54.9 cm³/mol. The molecule has 0 spiro atoms. The molecule has 0 aliphatic rings. The SMILES string of the molecule is O=Cc1nccnc1S(=O)(=O)c1cnccn1. The Hall–Kier alpha value is -2.22. The van der Waals surface area contributed by atoms with Gasteiger partial charge in [-0.15, -0.1) is 0 Å². The van der Waals surface area contributed by atoms with Gasteiger partial charge in [0.1, 0.15) is 5.69 Å². The molecule has 0 bridgehead atoms. The fourth-order valence-corrected chi connectivity index (χ4v) is 2.32. The van der Waals surface area contributed by atoms with Gasteiger partial charge in [-0.05, 0) is 0 Å². The zero-order chi connectivity index (χ0) is 12.3. The average molecular weight is 250 g/mol. The Labute approximate surface area is 96.5 Å². The van der Waals surface area contributed by atoms with Crippen LogP contribution < -0.4 is 0 Å². The van der Waals surface area contributed by atoms with Gasteiger partial charge in [-0.25, -0.2) is 23.4 Å². The molecular formula is C9H6N4O3S. The van der Waals surface area contributed by atoms with Crippen LogP contribution in [0, 0.1) is 0 Å². The normalized spacial score (nSPS) is 11.1. The summed E-state index contributed by atoms with van der Waals surface area (Å²) in [7, 11) is -3.96. The monoisotopic (exact) mass is 250 g/mol. The summed E-state index contributed by atoms with van der Waals surface area (Å²) in [6.07, 6.45) is 6.42. The fraction of sp³-hybridized carbons (Fsp3) is 0. The first-order valence-electron chi connectivity index (χ1n) is 4.43. The van der Waals surface area contributed by atoms with Gasteiger partial charge in [0, 0.05) is 24.8 Å². The van der Waals surface area contributed by atoms with Crippen LogP contribution in [0.1, 0.15) is 10.5 Å². The molecule has 0 amide bonds. The molecular weight excluding hydrogens is 244 g/mol. The van der Waals surface area contributed by atoms with Crippen LogP contribution in [0.2, 0.25) is 0 Å². The maximum atomic E-state index is 12.0. The van der Waals surface area contributed by atoms with E-state index in [1.165, 1.54) is 24.8 Å². The fourth-order valence-electron chi connectivity index (χ4n) is 1.15. The molecule has 0 saturated carbocycles. The summed E-state index contributed by atoms with van der Waals surface area (Å²) < 4.78 is 24.1. The van der Waals surface area contributed by atoms with Gasteiger partial charge in [0.2, 0.25) is 9.84 Å². The topological polar surface area (TPSA) is 103 Å². The van der Waals surface area contributed by atoms with Gasteiger partial charge < -0.3 is 0 Å². The molecule has 0 unspecified atom stereocenters. The quantitative estimate of drug-likeness (QED) is 0.701. The first-order chi connectivity index (χ1) is 8.16. The van der Waals surface area contributed by atoms with Crippen LogP contribution in [-0.4, -0.2) is 34.6 Å². The Morgan fingerprint density at radius 3 is 2.35 bits per heavy atom. The number of aldehydes is 1. The highest BCUT2D eigenvalue weighted by atomic mass is 32.2. The van der Waals surface area contributed by atoms with Crippen LogP contribution in [0.5, 0.6) is 0 Å². The molecule has 0 N–H and O–H groups in total. The summed E-state index contributed by atoms with van der Waals surface area (Å²) in [5.41, 5.74) is -0.252. The van der Waals surface area contributed by atoms with Gasteiger partial charge in [0.05, 0.1) is 6.20 Å². The highest BCUT2D eigenvalue weighted by molar-refractivity contribution is 7.91. The van der Waals surface area contributed by atoms with Crippen molar-refractivity contribution in [2.24, 2.45) is 0 Å². The third-order valence-corrected chi connectivity index (χ3v) is 3.46. The van der Waals surface area contributed by atoms with E-state index in [0.717, 1.165) is 6.20 Å². The van der Waals surface area contributed by atoms with Crippen molar-refractivity contribution in [1.82, 2.24) is 19.9 Å². The Morgan fingerprint density at radius 2 is 1.71 bits per heavy atom. The van der Waals surface area contributed by atoms with Gasteiger partial charge in [-0.3, -0.25) is 9.78 Å². The lowest BCUT2D eigenvalue weighted by atomic mass is 10.5. The third-order valence-electron chi connectivity index (χ3n) is 1.87. The smallest absolute Gasteiger partial charge is 0.244 e. The average Bonchev–Trinajstić information content (AvgIpc) is 2.39. The third kappa shape index (κ3) is 2.02. The van der Waals surface area contributed by atoms with Crippen LogP contribution >= 0.6 is 0 Å². The van der Waals surface area contributed by atoms with E-state index in [4.69, 9.17) is 0 Å². The standard InChI is InChI=1S/C9H6N4O3S/c14-6-7-9(13-4-3-11-7)17(15,16)8-5-10-1-2-12-8/h1-6H. The summed E-state index contributed by atoms with van der Waals surface area (Å²) >= 11 is 0. The summed E-state index contributed by atoms with van der Waals surface area (Å²) in [5.74, 6) is 0. The van der Waals surface area contributed by atoms with Gasteiger partial charge in [0.15, 0.2) is 16.3 Å². The Balaban J connectivity index is 2.65. The molecule has 0 aliphatic heterocycles. The molecule has 2 aromatic rings. The molecule has 0 aliphatic carbocycles. The number of hydrogen-bond donors (Lipinski definition) is 0. The number of rotatable bonds is 3. The van der Waals surface area contributed by atoms with E-state index in [1.54, 1.807) is 0 Å². The second kappa shape index (κ2) is 4.34. The largest absolute Gasteiger partial charge is 0.296 e. The van der Waals surface area contributed by atoms with E-state index in [-0.39, 0.29) is 10.7 Å². The molecule has 2 rings (SSSR count). The van der Waals surface area contributed by atoms with Crippen LogP contribution in [0.4, 0.5) is 0 Å². The molecule has 2 aromatic heterocycles. The van der Waals surface area contributed by atoms with E-state index >= 15 is 0 Å². The number of nitrogens with zero attached hydrogens (tertiary/aromatic N) is 4. The molecule has 8 heteroatoms. The minimum atomic E-state index is -3.96. The molecule has 0 atom stereocenters. The number of sulfone groups is 1. The minimum Gasteiger partial charge on any atom is -0.296 e. The molecule has 0 radical (unpaired) electrons. The summed E-state index contributed by atoms with van der Waals surface area (Å²) in [6, 6.07) is 0. The molecule has 0 fully saturated rings. The van der Waals surface area contributed by atoms with Gasteiger partial charge >= 0.3 is 0 Å². The van der Waals surface area contributed by atoms with Crippen molar-refractivity contribution in [2.45, 2.75) is 10.1 Å². The van der Waals surface area contributed by atoms with Crippen molar-refractivity contribution < 1.29 is 13.2 Å². The second-order valence-corrected chi connectivity index (χ2v) is 4.72. The van der Waals surface area contributed by atoms with Gasteiger partial charge in [0.25, 0.3) is 0 Å². The van der Waals surface area contributed by atoms with Crippen molar-refractivity contribution in [1.29, 1.82) is 0 Å². The molecule has 17 heavy (non-hydrogen) atoms. The maximum absolute atomic E-state index is 12.0. The number of aromatic nitrogens is 4. The van der Waals surface area contributed by atoms with E-state index in [1.807, 2.05) is 0 Å². The van der Waals surface area contributed by atoms with Gasteiger partial charge in [-0.2, -0.15) is 0 Å². The van der Waals surface area contributed by atoms with E-state index in [0.29, 0.717) is 6.29 Å². The second-order valence-electron chi connectivity index (χ2n) is 2.91. The van der Waals surface area contributed by atoms with Crippen LogP contribution in [-0.2, 0) is 9.84 Å². The summed E-state index contributed by atoms with van der Waals surface area (Å²) in [4.78, 5) is 25.3. The van der Waals surface area contributed by atoms with Crippen LogP contribution in [0.25, 0.3) is 0 Å². The van der Waals surface area contributed by atoms with E-state index in [2.05, 4.69) is 19.9 Å². The predicted octanol–water partition coefficient (Wildman–Crippen LogP) is -0.0881. The lowest BCUT2D eigenvalue weighted by Crippen LogP contribution is -2.10. The van der Waals surface area contributed by atoms with Crippen molar-refractivity contribution >= 4 is 16.1 Å². The lowest BCUT2D eigenvalue weighted by Gasteiger charge is -2.02. The maximum Gasteiger partial charge on any atom is 0.244 e. The highest BCUT2D eigenvalue weighted by Gasteiger charge is 2.24. The van der Waals surface area contributed by atoms with Crippen LogP contribution in [0.15, 0.2) is 41.0 Å². The lowest BCUT2D eigenvalue weighted by molar-refractivity contribution is 0.111. The first kappa shape index (κ1) is 11.3. The Kier molecular flexibility index (Phi) is 2.88. The Morgan fingerprint density at radius 1 is 1.00 bits per heavy atom. The summed E-state index contributed by atoms with van der Waals surface area (Å²) in [5, 5.41) is -0.695. The van der Waals surface area contributed by atoms with E-state index in [9.17, 15) is 13.2 Å². The number of hydrogen-bond acceptors (Lipinski definition) is 7. The van der Waals surface area contributed by atoms with Crippen molar-refractivity contribution in [3.8, 4) is 0 Å². The van der Waals surface area contributed by atoms with Crippen molar-refractivity contribution in [3.63, 3.8) is 0 Å². The van der Waals surface area contributed by atoms with Crippen molar-refractivity contribution in [2.75, 3.05) is 0 Å². The Bertz CT molecular complexity index is 642. The molecule has 2 heterocycles. The first-order valence-corrected chi connectivity index (χ1v) is 5.92. The zero-order valence-electron chi connectivity index (χ0n) is 8.39. The molecule has 0 aromatic carbocycles. The molecule has 86 valence electrons. The molecule has 7 nitrogen and oxygen atoms in total. The summed E-state index contributed by atoms with van der Waals surface area (Å²) in [6.45, 7) is 0. The highest BCUT2D eigenvalue weighted by Crippen LogP contribution is 2.16. The van der Waals surface area contributed by atoms with Gasteiger partial charge in [-0.1, -0.05) is 0 Å². The van der Waals surface area contributed by atoms with Crippen LogP contribution in [0.3, 0.4) is 0 Å². The number of carbonyl (C=O) groups is 1. The number of carbonyl (C=O) groups excluding carboxylic acids is 1. The van der Waals surface area contributed by atoms with E-state index < -0.39 is 14.9 Å². The van der Waals surface area contributed by atoms with Crippen molar-refractivity contribution in [3.05, 3.63) is 36.7 Å². The molecule has 0 saturated heterocycles.